The van der Waals surface area contributed by atoms with Gasteiger partial charge in [0, 0.05) is 25.6 Å². The van der Waals surface area contributed by atoms with Crippen LogP contribution in [0.25, 0.3) is 0 Å². The number of aliphatic hydroxyl groups is 2. The molecule has 0 saturated carbocycles. The van der Waals surface area contributed by atoms with Crippen molar-refractivity contribution in [2.24, 2.45) is 11.8 Å². The Balaban J connectivity index is 1.37. The van der Waals surface area contributed by atoms with E-state index in [2.05, 4.69) is 42.2 Å². The summed E-state index contributed by atoms with van der Waals surface area (Å²) in [5.74, 6) is -9.27. The van der Waals surface area contributed by atoms with Crippen LogP contribution in [0.5, 0.6) is 11.5 Å². The number of amides is 8. The maximum Gasteiger partial charge on any atom is 0.329 e. The molecule has 5 rings (SSSR count). The number of aliphatic hydroxyl groups excluding tert-OH is 2. The molecule has 3 heterocycles. The third kappa shape index (κ3) is 15.0. The van der Waals surface area contributed by atoms with Gasteiger partial charge in [0.25, 0.3) is 5.91 Å². The number of aromatic amines is 1. The summed E-state index contributed by atoms with van der Waals surface area (Å²) in [5, 5.41) is 59.1. The number of aromatic hydroxyl groups is 2. The first kappa shape index (κ1) is 56.4. The maximum atomic E-state index is 14.3. The molecule has 2 saturated heterocycles. The number of phenolic OH excluding ortho intramolecular Hbond substituents is 2. The number of benzene rings is 2. The molecule has 12 N–H and O–H groups in total. The third-order valence-corrected chi connectivity index (χ3v) is 12.6. The van der Waals surface area contributed by atoms with Gasteiger partial charge in [-0.2, -0.15) is 0 Å². The molecule has 11 unspecified atom stereocenters. The zero-order chi connectivity index (χ0) is 53.8. The van der Waals surface area contributed by atoms with E-state index in [4.69, 9.17) is 4.74 Å². The number of hydrogen-bond donors (Lipinski definition) is 12. The molecule has 2 aromatic carbocycles. The predicted octanol–water partition coefficient (Wildman–Crippen LogP) is -1.07. The Bertz CT molecular complexity index is 2450. The van der Waals surface area contributed by atoms with Crippen LogP contribution < -0.4 is 37.2 Å². The molecular formula is C50H67N9O14. The van der Waals surface area contributed by atoms with Gasteiger partial charge in [0.1, 0.15) is 71.6 Å². The van der Waals surface area contributed by atoms with Crippen molar-refractivity contribution in [3.8, 4) is 11.5 Å². The molecule has 0 aliphatic carbocycles. The number of cyclic esters (lactones) is 1. The molecule has 2 fully saturated rings. The van der Waals surface area contributed by atoms with Crippen molar-refractivity contribution in [1.29, 1.82) is 0 Å². The SMILES string of the molecule is CC(C)C(NC(=O)C(NC(=O)C1CCCN1C(=O)C(NC(=O)c1ccc[nH]1)C(C)O)C(C)C)C(=O)NC1C(=O)NC(C(C)O)C(=O)NC(Cc2ccc(O)cc2)C(=O)NC(Cc2ccc(O)cc2)C(=O)OC1C. The molecule has 0 bridgehead atoms. The second-order valence-electron chi connectivity index (χ2n) is 19.1. The van der Waals surface area contributed by atoms with Gasteiger partial charge in [0.15, 0.2) is 0 Å². The van der Waals surface area contributed by atoms with Crippen LogP contribution in [0, 0.1) is 11.8 Å². The first-order valence-corrected chi connectivity index (χ1v) is 24.1. The van der Waals surface area contributed by atoms with Crippen molar-refractivity contribution in [3.05, 3.63) is 83.7 Å². The van der Waals surface area contributed by atoms with Crippen molar-refractivity contribution in [2.45, 2.75) is 141 Å². The van der Waals surface area contributed by atoms with E-state index in [1.165, 1.54) is 86.5 Å². The Morgan fingerprint density at radius 1 is 0.699 bits per heavy atom. The van der Waals surface area contributed by atoms with Gasteiger partial charge in [-0.05, 0) is 93.0 Å². The minimum Gasteiger partial charge on any atom is -0.508 e. The lowest BCUT2D eigenvalue weighted by Crippen LogP contribution is -2.64. The molecule has 3 aromatic rings. The lowest BCUT2D eigenvalue weighted by Gasteiger charge is -2.32. The van der Waals surface area contributed by atoms with Gasteiger partial charge in [-0.3, -0.25) is 38.4 Å². The minimum atomic E-state index is -1.80. The van der Waals surface area contributed by atoms with Crippen LogP contribution in [-0.2, 0) is 55.9 Å². The molecule has 2 aliphatic rings. The van der Waals surface area contributed by atoms with E-state index in [-0.39, 0.29) is 43.0 Å². The third-order valence-electron chi connectivity index (χ3n) is 12.6. The van der Waals surface area contributed by atoms with E-state index < -0.39 is 132 Å². The smallest absolute Gasteiger partial charge is 0.329 e. The Morgan fingerprint density at radius 3 is 1.79 bits per heavy atom. The Labute approximate surface area is 422 Å². The van der Waals surface area contributed by atoms with Crippen LogP contribution in [0.1, 0.15) is 82.9 Å². The zero-order valence-electron chi connectivity index (χ0n) is 41.7. The zero-order valence-corrected chi connectivity index (χ0v) is 41.7. The number of hydrogen-bond acceptors (Lipinski definition) is 14. The van der Waals surface area contributed by atoms with Gasteiger partial charge in [0.05, 0.1) is 12.2 Å². The van der Waals surface area contributed by atoms with Crippen molar-refractivity contribution in [2.75, 3.05) is 6.54 Å². The quantitative estimate of drug-likeness (QED) is 0.0717. The van der Waals surface area contributed by atoms with Crippen molar-refractivity contribution in [1.82, 2.24) is 47.1 Å². The number of esters is 1. The van der Waals surface area contributed by atoms with Crippen LogP contribution in [0.3, 0.4) is 0 Å². The van der Waals surface area contributed by atoms with E-state index in [1.807, 2.05) is 0 Å². The summed E-state index contributed by atoms with van der Waals surface area (Å²) in [6, 6.07) is 2.95. The highest BCUT2D eigenvalue weighted by molar-refractivity contribution is 6.00. The van der Waals surface area contributed by atoms with E-state index in [0.717, 1.165) is 0 Å². The summed E-state index contributed by atoms with van der Waals surface area (Å²) in [4.78, 5) is 129. The number of nitrogens with one attached hydrogen (secondary N) is 8. The monoisotopic (exact) mass is 1020 g/mol. The fourth-order valence-electron chi connectivity index (χ4n) is 8.42. The molecule has 396 valence electrons. The highest BCUT2D eigenvalue weighted by atomic mass is 16.5. The fraction of sp³-hybridized carbons (Fsp3) is 0.500. The molecule has 0 radical (unpaired) electrons. The van der Waals surface area contributed by atoms with Crippen LogP contribution in [0.4, 0.5) is 0 Å². The van der Waals surface area contributed by atoms with Gasteiger partial charge < -0.3 is 72.3 Å². The minimum absolute atomic E-state index is 0.0627. The maximum absolute atomic E-state index is 14.3. The first-order chi connectivity index (χ1) is 34.4. The normalized spacial score (nSPS) is 22.9. The second-order valence-corrected chi connectivity index (χ2v) is 19.1. The molecular weight excluding hydrogens is 951 g/mol. The van der Waals surface area contributed by atoms with Crippen molar-refractivity contribution < 1.29 is 68.3 Å². The van der Waals surface area contributed by atoms with E-state index in [0.29, 0.717) is 17.5 Å². The van der Waals surface area contributed by atoms with Gasteiger partial charge >= 0.3 is 5.97 Å². The second kappa shape index (κ2) is 25.2. The fourth-order valence-corrected chi connectivity index (χ4v) is 8.42. The molecule has 23 nitrogen and oxygen atoms in total. The molecule has 1 aromatic heterocycles. The number of aromatic nitrogens is 1. The summed E-state index contributed by atoms with van der Waals surface area (Å²) >= 11 is 0. The van der Waals surface area contributed by atoms with Crippen molar-refractivity contribution >= 4 is 53.2 Å². The standard InChI is InChI=1S/C50H67N9O14/c1-24(2)37(54-44(66)36-11-9-21-59(36)49(71)40(27(6)61)57-42(64)33-10-8-20-51-33)45(67)55-38(25(3)4)46(68)58-41-28(7)73-50(72)35(23-30-14-18-32(63)19-15-30)53-43(65)34(22-29-12-16-31(62)17-13-29)52-47(69)39(26(5)60)56-48(41)70/h8,10,12-20,24-28,34-41,51,60-63H,9,11,21-23H2,1-7H3,(H,52,69)(H,53,65)(H,54,66)(H,55,67)(H,56,70)(H,57,64)(H,58,68). The van der Waals surface area contributed by atoms with Gasteiger partial charge in [-0.15, -0.1) is 0 Å². The number of phenols is 2. The molecule has 11 atom stereocenters. The highest BCUT2D eigenvalue weighted by Crippen LogP contribution is 2.22. The number of carbonyl (C=O) groups excluding carboxylic acids is 9. The van der Waals surface area contributed by atoms with Crippen LogP contribution in [0.15, 0.2) is 66.9 Å². The number of likely N-dealkylation sites (tertiary alicyclic amines) is 1. The molecule has 23 heteroatoms. The van der Waals surface area contributed by atoms with Crippen molar-refractivity contribution in [3.63, 3.8) is 0 Å². The number of H-pyrrole nitrogens is 1. The largest absolute Gasteiger partial charge is 0.508 e. The Hall–Kier alpha value is -7.53. The van der Waals surface area contributed by atoms with E-state index in [1.54, 1.807) is 33.8 Å². The number of ether oxygens (including phenoxy) is 1. The average molecular weight is 1020 g/mol. The molecule has 73 heavy (non-hydrogen) atoms. The van der Waals surface area contributed by atoms with Gasteiger partial charge in [-0.1, -0.05) is 52.0 Å². The molecule has 8 amide bonds. The summed E-state index contributed by atoms with van der Waals surface area (Å²) in [5.41, 5.74) is 1.09. The lowest BCUT2D eigenvalue weighted by atomic mass is 9.98. The van der Waals surface area contributed by atoms with Crippen LogP contribution >= 0.6 is 0 Å². The molecule has 2 aliphatic heterocycles. The summed E-state index contributed by atoms with van der Waals surface area (Å²) in [7, 11) is 0. The predicted molar refractivity (Wildman–Crippen MR) is 261 cm³/mol. The average Bonchev–Trinajstić information content (AvgIpc) is 4.06. The van der Waals surface area contributed by atoms with Gasteiger partial charge in [-0.25, -0.2) is 4.79 Å². The first-order valence-electron chi connectivity index (χ1n) is 24.1. The lowest BCUT2D eigenvalue weighted by molar-refractivity contribution is -0.156. The summed E-state index contributed by atoms with van der Waals surface area (Å²) in [6.07, 6.45) is -2.72. The number of rotatable bonds is 17. The van der Waals surface area contributed by atoms with Gasteiger partial charge in [0.2, 0.25) is 41.4 Å². The van der Waals surface area contributed by atoms with E-state index >= 15 is 0 Å². The van der Waals surface area contributed by atoms with E-state index in [9.17, 15) is 63.6 Å². The highest BCUT2D eigenvalue weighted by Gasteiger charge is 2.43. The number of carbonyl (C=O) groups is 9. The topological polar surface area (TPSA) is 347 Å². The Kier molecular flexibility index (Phi) is 19.5. The molecule has 0 spiro atoms. The van der Waals surface area contributed by atoms with Crippen LogP contribution in [0.2, 0.25) is 0 Å². The summed E-state index contributed by atoms with van der Waals surface area (Å²) < 4.78 is 5.79. The number of nitrogens with zero attached hydrogens (tertiary/aromatic N) is 1. The Morgan fingerprint density at radius 2 is 1.26 bits per heavy atom. The summed E-state index contributed by atoms with van der Waals surface area (Å²) in [6.45, 7) is 10.4. The van der Waals surface area contributed by atoms with Crippen LogP contribution in [-0.4, -0.2) is 157 Å².